The van der Waals surface area contributed by atoms with E-state index in [1.54, 1.807) is 0 Å². The van der Waals surface area contributed by atoms with E-state index in [-0.39, 0.29) is 6.42 Å². The van der Waals surface area contributed by atoms with Gasteiger partial charge in [-0.25, -0.2) is 0 Å². The Bertz CT molecular complexity index is 175. The predicted octanol–water partition coefficient (Wildman–Crippen LogP) is 2.10. The van der Waals surface area contributed by atoms with Crippen molar-refractivity contribution in [1.82, 2.24) is 0 Å². The molecule has 0 aliphatic carbocycles. The molecular weight excluding hydrogens is 169 g/mol. The summed E-state index contributed by atoms with van der Waals surface area (Å²) in [6.07, 6.45) is -4.04. The highest BCUT2D eigenvalue weighted by Crippen LogP contribution is 2.12. The van der Waals surface area contributed by atoms with Crippen LogP contribution in [-0.2, 0) is 0 Å². The highest BCUT2D eigenvalue weighted by atomic mass is 19.4. The van der Waals surface area contributed by atoms with Crippen molar-refractivity contribution in [3.05, 3.63) is 0 Å². The average molecular weight is 180 g/mol. The van der Waals surface area contributed by atoms with Crippen LogP contribution in [-0.4, -0.2) is 17.4 Å². The van der Waals surface area contributed by atoms with Crippen LogP contribution in [0.1, 0.15) is 26.2 Å². The molecule has 0 aromatic carbocycles. The lowest BCUT2D eigenvalue weighted by Crippen LogP contribution is -2.06. The Balaban J connectivity index is 3.71. The van der Waals surface area contributed by atoms with Gasteiger partial charge in [-0.1, -0.05) is 19.3 Å². The topological polar surface area (TPSA) is 20.2 Å². The van der Waals surface area contributed by atoms with Crippen LogP contribution in [0.15, 0.2) is 0 Å². The highest BCUT2D eigenvalue weighted by Gasteiger charge is 2.22. The van der Waals surface area contributed by atoms with Crippen molar-refractivity contribution in [1.29, 1.82) is 0 Å². The van der Waals surface area contributed by atoms with Crippen LogP contribution >= 0.6 is 0 Å². The Morgan fingerprint density at radius 3 is 2.42 bits per heavy atom. The minimum absolute atomic E-state index is 0.104. The van der Waals surface area contributed by atoms with Crippen molar-refractivity contribution in [2.45, 2.75) is 38.5 Å². The second-order valence-electron chi connectivity index (χ2n) is 2.45. The fourth-order valence-corrected chi connectivity index (χ4v) is 0.704. The number of halogens is 3. The summed E-state index contributed by atoms with van der Waals surface area (Å²) < 4.78 is 34.3. The van der Waals surface area contributed by atoms with E-state index >= 15 is 0 Å². The number of aliphatic hydroxyl groups is 1. The van der Waals surface area contributed by atoms with E-state index in [4.69, 9.17) is 5.11 Å². The SMILES string of the molecule is CCCC(O)CC#CC(F)(F)F. The maximum atomic E-state index is 11.4. The van der Waals surface area contributed by atoms with E-state index in [1.807, 2.05) is 12.8 Å². The van der Waals surface area contributed by atoms with Gasteiger partial charge in [-0.05, 0) is 6.42 Å². The Hall–Kier alpha value is -0.690. The van der Waals surface area contributed by atoms with Crippen molar-refractivity contribution in [3.8, 4) is 11.8 Å². The molecule has 0 radical (unpaired) electrons. The zero-order valence-corrected chi connectivity index (χ0v) is 6.78. The number of hydrogen-bond acceptors (Lipinski definition) is 1. The molecule has 1 atom stereocenters. The third-order valence-electron chi connectivity index (χ3n) is 1.19. The van der Waals surface area contributed by atoms with Crippen LogP contribution in [0.2, 0.25) is 0 Å². The number of rotatable bonds is 3. The third kappa shape index (κ3) is 7.42. The minimum Gasteiger partial charge on any atom is -0.392 e. The lowest BCUT2D eigenvalue weighted by Gasteiger charge is -2.02. The molecule has 1 N–H and O–H groups in total. The van der Waals surface area contributed by atoms with Crippen LogP contribution in [0.4, 0.5) is 13.2 Å². The molecule has 0 aromatic heterocycles. The van der Waals surface area contributed by atoms with E-state index in [2.05, 4.69) is 0 Å². The van der Waals surface area contributed by atoms with Gasteiger partial charge in [-0.2, -0.15) is 13.2 Å². The van der Waals surface area contributed by atoms with Crippen molar-refractivity contribution in [2.75, 3.05) is 0 Å². The first-order valence-electron chi connectivity index (χ1n) is 3.70. The molecule has 0 aliphatic heterocycles. The van der Waals surface area contributed by atoms with Crippen LogP contribution in [0, 0.1) is 11.8 Å². The molecule has 70 valence electrons. The minimum atomic E-state index is -4.44. The van der Waals surface area contributed by atoms with Gasteiger partial charge in [0.2, 0.25) is 0 Å². The first-order chi connectivity index (χ1) is 5.45. The molecule has 0 saturated heterocycles. The van der Waals surface area contributed by atoms with Gasteiger partial charge < -0.3 is 5.11 Å². The smallest absolute Gasteiger partial charge is 0.392 e. The normalized spacial score (nSPS) is 13.4. The second-order valence-corrected chi connectivity index (χ2v) is 2.45. The van der Waals surface area contributed by atoms with Gasteiger partial charge in [0.25, 0.3) is 0 Å². The van der Waals surface area contributed by atoms with Gasteiger partial charge in [-0.3, -0.25) is 0 Å². The number of aliphatic hydroxyl groups excluding tert-OH is 1. The summed E-state index contributed by atoms with van der Waals surface area (Å²) in [7, 11) is 0. The first kappa shape index (κ1) is 11.3. The Morgan fingerprint density at radius 2 is 2.00 bits per heavy atom. The molecule has 0 rings (SSSR count). The Kier molecular flexibility index (Phi) is 4.75. The second kappa shape index (κ2) is 5.04. The quantitative estimate of drug-likeness (QED) is 0.659. The molecule has 0 heterocycles. The fourth-order valence-electron chi connectivity index (χ4n) is 0.704. The molecular formula is C8H11F3O. The third-order valence-corrected chi connectivity index (χ3v) is 1.19. The molecule has 0 saturated carbocycles. The Morgan fingerprint density at radius 1 is 1.42 bits per heavy atom. The predicted molar refractivity (Wildman–Crippen MR) is 39.4 cm³/mol. The maximum absolute atomic E-state index is 11.4. The number of hydrogen-bond donors (Lipinski definition) is 1. The van der Waals surface area contributed by atoms with Gasteiger partial charge in [0, 0.05) is 12.3 Å². The van der Waals surface area contributed by atoms with Gasteiger partial charge in [0.1, 0.15) is 0 Å². The molecule has 1 unspecified atom stereocenters. The monoisotopic (exact) mass is 180 g/mol. The summed E-state index contributed by atoms with van der Waals surface area (Å²) >= 11 is 0. The summed E-state index contributed by atoms with van der Waals surface area (Å²) in [4.78, 5) is 0. The van der Waals surface area contributed by atoms with E-state index in [0.717, 1.165) is 12.3 Å². The van der Waals surface area contributed by atoms with Crippen LogP contribution in [0.3, 0.4) is 0 Å². The lowest BCUT2D eigenvalue weighted by molar-refractivity contribution is -0.0697. The molecule has 0 fully saturated rings. The lowest BCUT2D eigenvalue weighted by atomic mass is 10.1. The summed E-state index contributed by atoms with van der Waals surface area (Å²) in [6, 6.07) is 0. The average Bonchev–Trinajstić information content (AvgIpc) is 1.84. The molecule has 1 nitrogen and oxygen atoms in total. The van der Waals surface area contributed by atoms with Crippen LogP contribution in [0.5, 0.6) is 0 Å². The molecule has 0 aliphatic rings. The first-order valence-corrected chi connectivity index (χ1v) is 3.70. The van der Waals surface area contributed by atoms with Crippen LogP contribution < -0.4 is 0 Å². The molecule has 0 amide bonds. The van der Waals surface area contributed by atoms with Crippen molar-refractivity contribution < 1.29 is 18.3 Å². The number of alkyl halides is 3. The standard InChI is InChI=1S/C8H11F3O/c1-2-4-7(12)5-3-6-8(9,10)11/h7,12H,2,4-5H2,1H3. The molecule has 12 heavy (non-hydrogen) atoms. The highest BCUT2D eigenvalue weighted by molar-refractivity contribution is 5.05. The van der Waals surface area contributed by atoms with E-state index in [1.165, 1.54) is 0 Å². The van der Waals surface area contributed by atoms with E-state index in [0.29, 0.717) is 6.42 Å². The van der Waals surface area contributed by atoms with Gasteiger partial charge in [0.05, 0.1) is 6.10 Å². The van der Waals surface area contributed by atoms with E-state index < -0.39 is 12.3 Å². The van der Waals surface area contributed by atoms with Gasteiger partial charge in [-0.15, -0.1) is 0 Å². The van der Waals surface area contributed by atoms with Crippen molar-refractivity contribution in [2.24, 2.45) is 0 Å². The summed E-state index contributed by atoms with van der Waals surface area (Å²) in [5, 5.41) is 8.98. The van der Waals surface area contributed by atoms with Crippen LogP contribution in [0.25, 0.3) is 0 Å². The fraction of sp³-hybridized carbons (Fsp3) is 0.750. The molecule has 4 heteroatoms. The van der Waals surface area contributed by atoms with Gasteiger partial charge >= 0.3 is 6.18 Å². The van der Waals surface area contributed by atoms with Crippen molar-refractivity contribution in [3.63, 3.8) is 0 Å². The van der Waals surface area contributed by atoms with Gasteiger partial charge in [0.15, 0.2) is 0 Å². The zero-order valence-electron chi connectivity index (χ0n) is 6.78. The molecule has 0 spiro atoms. The zero-order chi connectivity index (χ0) is 9.61. The maximum Gasteiger partial charge on any atom is 0.457 e. The Labute approximate surface area is 69.6 Å². The largest absolute Gasteiger partial charge is 0.457 e. The van der Waals surface area contributed by atoms with E-state index in [9.17, 15) is 13.2 Å². The molecule has 0 aromatic rings. The summed E-state index contributed by atoms with van der Waals surface area (Å²) in [5.41, 5.74) is 0. The molecule has 0 bridgehead atoms. The summed E-state index contributed by atoms with van der Waals surface area (Å²) in [6.45, 7) is 1.85. The van der Waals surface area contributed by atoms with Crippen molar-refractivity contribution >= 4 is 0 Å². The summed E-state index contributed by atoms with van der Waals surface area (Å²) in [5.74, 6) is 2.99.